The molecule has 8 heteroatoms. The molecule has 0 bridgehead atoms. The van der Waals surface area contributed by atoms with Crippen molar-refractivity contribution < 1.29 is 18.5 Å². The number of aromatic nitrogens is 2. The number of ether oxygens (including phenoxy) is 1. The first-order valence-corrected chi connectivity index (χ1v) is 8.72. The van der Waals surface area contributed by atoms with Crippen LogP contribution in [0.3, 0.4) is 0 Å². The lowest BCUT2D eigenvalue weighted by Gasteiger charge is -2.12. The van der Waals surface area contributed by atoms with Crippen LogP contribution < -0.4 is 4.74 Å². The molecule has 0 saturated carbocycles. The van der Waals surface area contributed by atoms with Gasteiger partial charge in [0.1, 0.15) is 6.54 Å². The molecule has 1 aromatic carbocycles. The number of carbonyl (C=O) groups is 1. The van der Waals surface area contributed by atoms with Gasteiger partial charge in [-0.25, -0.2) is 0 Å². The van der Waals surface area contributed by atoms with Gasteiger partial charge in [-0.3, -0.25) is 4.79 Å². The van der Waals surface area contributed by atoms with E-state index in [1.54, 1.807) is 26.3 Å². The summed E-state index contributed by atoms with van der Waals surface area (Å²) in [5.74, 6) is 1.41. The van der Waals surface area contributed by atoms with Crippen LogP contribution in [0, 0.1) is 0 Å². The first-order chi connectivity index (χ1) is 12.7. The van der Waals surface area contributed by atoms with Crippen molar-refractivity contribution in [3.8, 4) is 16.5 Å². The second-order valence-corrected chi connectivity index (χ2v) is 6.59. The molecule has 0 unspecified atom stereocenters. The smallest absolute Gasteiger partial charge is 0.289 e. The normalized spacial score (nSPS) is 11.0. The molecule has 0 aliphatic carbocycles. The molecule has 4 rings (SSSR count). The molecule has 3 aromatic heterocycles. The number of thiophene rings is 1. The lowest BCUT2D eigenvalue weighted by Crippen LogP contribution is -2.25. The highest BCUT2D eigenvalue weighted by molar-refractivity contribution is 7.13. The summed E-state index contributed by atoms with van der Waals surface area (Å²) >= 11 is 1.52. The third kappa shape index (κ3) is 2.95. The Kier molecular flexibility index (Phi) is 4.18. The Labute approximate surface area is 152 Å². The standard InChI is InChI=1S/C18H15N3O4S/c1-21(10-15-19-17(20-25-15)14-7-4-8-26-14)18(22)13-9-11-5-3-6-12(23-2)16(11)24-13/h3-9H,10H2,1-2H3. The number of furan rings is 1. The minimum atomic E-state index is -0.279. The fraction of sp³-hybridized carbons (Fsp3) is 0.167. The summed E-state index contributed by atoms with van der Waals surface area (Å²) in [6.07, 6.45) is 0. The second-order valence-electron chi connectivity index (χ2n) is 5.64. The minimum absolute atomic E-state index is 0.186. The van der Waals surface area contributed by atoms with Gasteiger partial charge in [0.25, 0.3) is 5.91 Å². The van der Waals surface area contributed by atoms with Crippen molar-refractivity contribution in [2.45, 2.75) is 6.54 Å². The maximum absolute atomic E-state index is 12.7. The Hall–Kier alpha value is -3.13. The molecule has 0 aliphatic heterocycles. The zero-order valence-electron chi connectivity index (χ0n) is 14.1. The average molecular weight is 369 g/mol. The van der Waals surface area contributed by atoms with Crippen LogP contribution in [-0.2, 0) is 6.54 Å². The Morgan fingerprint density at radius 1 is 1.31 bits per heavy atom. The highest BCUT2D eigenvalue weighted by Gasteiger charge is 2.20. The van der Waals surface area contributed by atoms with E-state index in [0.717, 1.165) is 10.3 Å². The number of benzene rings is 1. The van der Waals surface area contributed by atoms with Gasteiger partial charge in [0.2, 0.25) is 11.7 Å². The van der Waals surface area contributed by atoms with Crippen LogP contribution in [0.25, 0.3) is 21.7 Å². The Morgan fingerprint density at radius 2 is 2.19 bits per heavy atom. The SMILES string of the molecule is COc1cccc2cc(C(=O)N(C)Cc3nc(-c4cccs4)no3)oc12. The maximum Gasteiger partial charge on any atom is 0.289 e. The van der Waals surface area contributed by atoms with Gasteiger partial charge in [0, 0.05) is 12.4 Å². The number of nitrogens with zero attached hydrogens (tertiary/aromatic N) is 3. The monoisotopic (exact) mass is 369 g/mol. The molecule has 26 heavy (non-hydrogen) atoms. The van der Waals surface area contributed by atoms with E-state index in [0.29, 0.717) is 23.0 Å². The van der Waals surface area contributed by atoms with Crippen LogP contribution in [0.2, 0.25) is 0 Å². The van der Waals surface area contributed by atoms with Crippen LogP contribution in [0.15, 0.2) is 50.7 Å². The Morgan fingerprint density at radius 3 is 2.96 bits per heavy atom. The van der Waals surface area contributed by atoms with E-state index < -0.39 is 0 Å². The van der Waals surface area contributed by atoms with Gasteiger partial charge in [-0.1, -0.05) is 23.4 Å². The predicted octanol–water partition coefficient (Wildman–Crippen LogP) is 3.83. The fourth-order valence-corrected chi connectivity index (χ4v) is 3.24. The largest absolute Gasteiger partial charge is 0.493 e. The number of rotatable bonds is 5. The number of hydrogen-bond donors (Lipinski definition) is 0. The number of methoxy groups -OCH3 is 1. The quantitative estimate of drug-likeness (QED) is 0.532. The molecule has 0 radical (unpaired) electrons. The van der Waals surface area contributed by atoms with E-state index >= 15 is 0 Å². The van der Waals surface area contributed by atoms with E-state index in [-0.39, 0.29) is 18.2 Å². The zero-order chi connectivity index (χ0) is 18.1. The number of hydrogen-bond acceptors (Lipinski definition) is 7. The predicted molar refractivity (Wildman–Crippen MR) is 96.2 cm³/mol. The first-order valence-electron chi connectivity index (χ1n) is 7.84. The van der Waals surface area contributed by atoms with Gasteiger partial charge in [0.05, 0.1) is 12.0 Å². The van der Waals surface area contributed by atoms with Crippen molar-refractivity contribution in [2.24, 2.45) is 0 Å². The number of amides is 1. The average Bonchev–Trinajstić information content (AvgIpc) is 3.39. The number of carbonyl (C=O) groups excluding carboxylic acids is 1. The molecule has 0 saturated heterocycles. The van der Waals surface area contributed by atoms with Crippen molar-refractivity contribution in [1.82, 2.24) is 15.0 Å². The number of fused-ring (bicyclic) bond motifs is 1. The van der Waals surface area contributed by atoms with Crippen LogP contribution in [-0.4, -0.2) is 35.1 Å². The lowest BCUT2D eigenvalue weighted by molar-refractivity contribution is 0.0740. The zero-order valence-corrected chi connectivity index (χ0v) is 14.9. The van der Waals surface area contributed by atoms with Gasteiger partial charge >= 0.3 is 0 Å². The maximum atomic E-state index is 12.7. The molecular formula is C18H15N3O4S. The van der Waals surface area contributed by atoms with Gasteiger partial charge < -0.3 is 18.6 Å². The van der Waals surface area contributed by atoms with Crippen molar-refractivity contribution >= 4 is 28.2 Å². The van der Waals surface area contributed by atoms with Crippen LogP contribution in [0.5, 0.6) is 5.75 Å². The van der Waals surface area contributed by atoms with Crippen molar-refractivity contribution in [1.29, 1.82) is 0 Å². The molecule has 0 fully saturated rings. The van der Waals surface area contributed by atoms with Gasteiger partial charge in [-0.2, -0.15) is 4.98 Å². The van der Waals surface area contributed by atoms with Crippen molar-refractivity contribution in [3.63, 3.8) is 0 Å². The third-order valence-corrected chi connectivity index (χ3v) is 4.73. The summed E-state index contributed by atoms with van der Waals surface area (Å²) in [5, 5.41) is 6.69. The highest BCUT2D eigenvalue weighted by atomic mass is 32.1. The van der Waals surface area contributed by atoms with Crippen LogP contribution in [0.1, 0.15) is 16.4 Å². The summed E-state index contributed by atoms with van der Waals surface area (Å²) in [4.78, 5) is 19.4. The first kappa shape index (κ1) is 16.3. The number of para-hydroxylation sites is 1. The highest BCUT2D eigenvalue weighted by Crippen LogP contribution is 2.29. The molecule has 3 heterocycles. The lowest BCUT2D eigenvalue weighted by atomic mass is 10.2. The molecule has 0 N–H and O–H groups in total. The topological polar surface area (TPSA) is 81.6 Å². The summed E-state index contributed by atoms with van der Waals surface area (Å²) in [6.45, 7) is 0.186. The van der Waals surface area contributed by atoms with Crippen LogP contribution >= 0.6 is 11.3 Å². The summed E-state index contributed by atoms with van der Waals surface area (Å²) in [6, 6.07) is 11.0. The molecule has 0 atom stereocenters. The third-order valence-electron chi connectivity index (χ3n) is 3.87. The van der Waals surface area contributed by atoms with Gasteiger partial charge in [-0.05, 0) is 23.6 Å². The molecule has 7 nitrogen and oxygen atoms in total. The van der Waals surface area contributed by atoms with E-state index in [1.165, 1.54) is 16.2 Å². The van der Waals surface area contributed by atoms with Crippen molar-refractivity contribution in [2.75, 3.05) is 14.2 Å². The van der Waals surface area contributed by atoms with E-state index in [1.807, 2.05) is 29.6 Å². The van der Waals surface area contributed by atoms with E-state index in [4.69, 9.17) is 13.7 Å². The summed E-state index contributed by atoms with van der Waals surface area (Å²) in [5.41, 5.74) is 0.546. The van der Waals surface area contributed by atoms with E-state index in [2.05, 4.69) is 10.1 Å². The molecule has 0 spiro atoms. The fourth-order valence-electron chi connectivity index (χ4n) is 2.59. The van der Waals surface area contributed by atoms with Gasteiger partial charge in [-0.15, -0.1) is 11.3 Å². The Balaban J connectivity index is 1.53. The van der Waals surface area contributed by atoms with Crippen molar-refractivity contribution in [3.05, 3.63) is 53.4 Å². The summed E-state index contributed by atoms with van der Waals surface area (Å²) in [7, 11) is 3.22. The van der Waals surface area contributed by atoms with Crippen LogP contribution in [0.4, 0.5) is 0 Å². The molecule has 1 amide bonds. The second kappa shape index (κ2) is 6.64. The summed E-state index contributed by atoms with van der Waals surface area (Å²) < 4.78 is 16.2. The molecule has 0 aliphatic rings. The molecule has 4 aromatic rings. The van der Waals surface area contributed by atoms with E-state index in [9.17, 15) is 4.79 Å². The van der Waals surface area contributed by atoms with Gasteiger partial charge in [0.15, 0.2) is 17.1 Å². The molecular weight excluding hydrogens is 354 g/mol. The minimum Gasteiger partial charge on any atom is -0.493 e. The molecule has 132 valence electrons. The Bertz CT molecular complexity index is 1050.